The molecule has 0 atom stereocenters. The van der Waals surface area contributed by atoms with Crippen LogP contribution in [0.1, 0.15) is 36.2 Å². The fourth-order valence-corrected chi connectivity index (χ4v) is 2.54. The molecule has 4 N–H and O–H groups in total. The SMILES string of the molecule is O=C(NCC1CCC(C(=O)O)CC1)c1cc(=O)[nH]c(=O)[nH]1. The molecular weight excluding hydrogens is 278 g/mol. The molecule has 1 heterocycles. The molecule has 114 valence electrons. The van der Waals surface area contributed by atoms with Gasteiger partial charge >= 0.3 is 11.7 Å². The molecular formula is C13H17N3O5. The van der Waals surface area contributed by atoms with Crippen molar-refractivity contribution in [2.24, 2.45) is 11.8 Å². The lowest BCUT2D eigenvalue weighted by molar-refractivity contribution is -0.143. The van der Waals surface area contributed by atoms with Gasteiger partial charge in [0.2, 0.25) is 0 Å². The Morgan fingerprint density at radius 3 is 2.43 bits per heavy atom. The molecule has 1 aliphatic carbocycles. The van der Waals surface area contributed by atoms with Gasteiger partial charge in [-0.15, -0.1) is 0 Å². The normalized spacial score (nSPS) is 21.7. The van der Waals surface area contributed by atoms with Crippen LogP contribution in [-0.4, -0.2) is 33.5 Å². The summed E-state index contributed by atoms with van der Waals surface area (Å²) in [6.45, 7) is 0.403. The second-order valence-corrected chi connectivity index (χ2v) is 5.27. The Hall–Kier alpha value is -2.38. The molecule has 1 aromatic heterocycles. The maximum absolute atomic E-state index is 11.8. The van der Waals surface area contributed by atoms with E-state index in [1.165, 1.54) is 0 Å². The summed E-state index contributed by atoms with van der Waals surface area (Å²) in [5, 5.41) is 11.6. The van der Waals surface area contributed by atoms with Crippen molar-refractivity contribution >= 4 is 11.9 Å². The number of aromatic amines is 2. The summed E-state index contributed by atoms with van der Waals surface area (Å²) >= 11 is 0. The number of rotatable bonds is 4. The van der Waals surface area contributed by atoms with Gasteiger partial charge in [-0.3, -0.25) is 19.4 Å². The Labute approximate surface area is 119 Å². The second kappa shape index (κ2) is 6.38. The predicted molar refractivity (Wildman–Crippen MR) is 73.1 cm³/mol. The Morgan fingerprint density at radius 1 is 1.19 bits per heavy atom. The summed E-state index contributed by atoms with van der Waals surface area (Å²) in [5.74, 6) is -1.35. The molecule has 0 spiro atoms. The van der Waals surface area contributed by atoms with Crippen LogP contribution < -0.4 is 16.6 Å². The van der Waals surface area contributed by atoms with E-state index in [9.17, 15) is 19.2 Å². The van der Waals surface area contributed by atoms with Crippen molar-refractivity contribution < 1.29 is 14.7 Å². The number of aromatic nitrogens is 2. The Morgan fingerprint density at radius 2 is 1.86 bits per heavy atom. The maximum atomic E-state index is 11.8. The van der Waals surface area contributed by atoms with Crippen LogP contribution in [0, 0.1) is 11.8 Å². The van der Waals surface area contributed by atoms with Crippen LogP contribution in [0.5, 0.6) is 0 Å². The first-order valence-electron chi connectivity index (χ1n) is 6.80. The van der Waals surface area contributed by atoms with Gasteiger partial charge in [0.1, 0.15) is 5.69 Å². The van der Waals surface area contributed by atoms with Crippen molar-refractivity contribution in [3.8, 4) is 0 Å². The summed E-state index contributed by atoms with van der Waals surface area (Å²) in [7, 11) is 0. The van der Waals surface area contributed by atoms with Crippen LogP contribution in [0.4, 0.5) is 0 Å². The first kappa shape index (κ1) is 15.0. The highest BCUT2D eigenvalue weighted by Crippen LogP contribution is 2.28. The van der Waals surface area contributed by atoms with Gasteiger partial charge < -0.3 is 15.4 Å². The van der Waals surface area contributed by atoms with Crippen LogP contribution in [0.2, 0.25) is 0 Å². The highest BCUT2D eigenvalue weighted by molar-refractivity contribution is 5.92. The van der Waals surface area contributed by atoms with Gasteiger partial charge in [-0.25, -0.2) is 4.79 Å². The molecule has 0 saturated heterocycles. The van der Waals surface area contributed by atoms with E-state index in [-0.39, 0.29) is 17.5 Å². The minimum Gasteiger partial charge on any atom is -0.481 e. The van der Waals surface area contributed by atoms with Crippen LogP contribution in [0.3, 0.4) is 0 Å². The van der Waals surface area contributed by atoms with Gasteiger partial charge in [0.05, 0.1) is 5.92 Å². The topological polar surface area (TPSA) is 132 Å². The molecule has 8 heteroatoms. The van der Waals surface area contributed by atoms with Gasteiger partial charge in [-0.2, -0.15) is 0 Å². The van der Waals surface area contributed by atoms with E-state index in [0.717, 1.165) is 18.9 Å². The third kappa shape index (κ3) is 4.04. The van der Waals surface area contributed by atoms with Gasteiger partial charge in [-0.05, 0) is 31.6 Å². The number of carbonyl (C=O) groups excluding carboxylic acids is 1. The molecule has 1 saturated carbocycles. The lowest BCUT2D eigenvalue weighted by Gasteiger charge is -2.26. The zero-order valence-electron chi connectivity index (χ0n) is 11.3. The van der Waals surface area contributed by atoms with Gasteiger partial charge in [0, 0.05) is 12.6 Å². The number of hydrogen-bond donors (Lipinski definition) is 4. The van der Waals surface area contributed by atoms with Gasteiger partial charge in [-0.1, -0.05) is 0 Å². The minimum atomic E-state index is -0.765. The largest absolute Gasteiger partial charge is 0.481 e. The maximum Gasteiger partial charge on any atom is 0.326 e. The molecule has 0 radical (unpaired) electrons. The van der Waals surface area contributed by atoms with Crippen molar-refractivity contribution in [3.05, 3.63) is 32.6 Å². The molecule has 2 rings (SSSR count). The molecule has 21 heavy (non-hydrogen) atoms. The average Bonchev–Trinajstić information content (AvgIpc) is 2.44. The lowest BCUT2D eigenvalue weighted by atomic mass is 9.82. The Kier molecular flexibility index (Phi) is 4.56. The quantitative estimate of drug-likeness (QED) is 0.604. The zero-order chi connectivity index (χ0) is 15.4. The third-order valence-corrected chi connectivity index (χ3v) is 3.75. The first-order valence-corrected chi connectivity index (χ1v) is 6.80. The minimum absolute atomic E-state index is 0.0806. The number of carboxylic acids is 1. The van der Waals surface area contributed by atoms with Gasteiger partial charge in [0.15, 0.2) is 0 Å². The van der Waals surface area contributed by atoms with E-state index in [4.69, 9.17) is 5.11 Å². The lowest BCUT2D eigenvalue weighted by Crippen LogP contribution is -2.35. The molecule has 0 aliphatic heterocycles. The van der Waals surface area contributed by atoms with Crippen molar-refractivity contribution in [2.75, 3.05) is 6.54 Å². The molecule has 8 nitrogen and oxygen atoms in total. The van der Waals surface area contributed by atoms with Crippen molar-refractivity contribution in [1.29, 1.82) is 0 Å². The summed E-state index contributed by atoms with van der Waals surface area (Å²) in [5.41, 5.74) is -1.44. The number of carbonyl (C=O) groups is 2. The van der Waals surface area contributed by atoms with Crippen molar-refractivity contribution in [3.63, 3.8) is 0 Å². The molecule has 1 aromatic rings. The highest BCUT2D eigenvalue weighted by Gasteiger charge is 2.26. The van der Waals surface area contributed by atoms with Crippen LogP contribution >= 0.6 is 0 Å². The monoisotopic (exact) mass is 295 g/mol. The number of nitrogens with one attached hydrogen (secondary N) is 3. The molecule has 1 fully saturated rings. The molecule has 0 bridgehead atoms. The number of aliphatic carboxylic acids is 1. The smallest absolute Gasteiger partial charge is 0.326 e. The van der Waals surface area contributed by atoms with Crippen LogP contribution in [0.25, 0.3) is 0 Å². The summed E-state index contributed by atoms with van der Waals surface area (Å²) in [6.07, 6.45) is 2.70. The Bertz CT molecular complexity index is 611. The van der Waals surface area contributed by atoms with E-state index in [1.807, 2.05) is 4.98 Å². The number of amides is 1. The predicted octanol–water partition coefficient (Wildman–Crippen LogP) is -0.316. The van der Waals surface area contributed by atoms with Crippen LogP contribution in [0.15, 0.2) is 15.7 Å². The Balaban J connectivity index is 1.86. The molecule has 0 aromatic carbocycles. The molecule has 0 unspecified atom stereocenters. The van der Waals surface area contributed by atoms with Crippen LogP contribution in [-0.2, 0) is 4.79 Å². The van der Waals surface area contributed by atoms with E-state index in [2.05, 4.69) is 10.3 Å². The van der Waals surface area contributed by atoms with E-state index in [0.29, 0.717) is 19.4 Å². The standard InChI is InChI=1S/C13H17N3O5/c17-10-5-9(15-13(21)16-10)11(18)14-6-7-1-3-8(4-2-7)12(19)20/h5,7-8H,1-4,6H2,(H,14,18)(H,19,20)(H2,15,16,17,21). The third-order valence-electron chi connectivity index (χ3n) is 3.75. The fraction of sp³-hybridized carbons (Fsp3) is 0.538. The van der Waals surface area contributed by atoms with E-state index >= 15 is 0 Å². The van der Waals surface area contributed by atoms with Crippen molar-refractivity contribution in [1.82, 2.24) is 15.3 Å². The van der Waals surface area contributed by atoms with E-state index in [1.54, 1.807) is 0 Å². The summed E-state index contributed by atoms with van der Waals surface area (Å²) < 4.78 is 0. The van der Waals surface area contributed by atoms with E-state index < -0.39 is 23.1 Å². The summed E-state index contributed by atoms with van der Waals surface area (Å²) in [6, 6.07) is 1.03. The molecule has 1 amide bonds. The van der Waals surface area contributed by atoms with Crippen molar-refractivity contribution in [2.45, 2.75) is 25.7 Å². The van der Waals surface area contributed by atoms with Gasteiger partial charge in [0.25, 0.3) is 11.5 Å². The second-order valence-electron chi connectivity index (χ2n) is 5.27. The highest BCUT2D eigenvalue weighted by atomic mass is 16.4. The fourth-order valence-electron chi connectivity index (χ4n) is 2.54. The number of hydrogen-bond acceptors (Lipinski definition) is 4. The zero-order valence-corrected chi connectivity index (χ0v) is 11.3. The number of carboxylic acid groups (broad SMARTS) is 1. The first-order chi connectivity index (χ1) is 9.95. The molecule has 1 aliphatic rings. The average molecular weight is 295 g/mol. The number of H-pyrrole nitrogens is 2. The summed E-state index contributed by atoms with van der Waals surface area (Å²) in [4.78, 5) is 49.1.